The number of aliphatic hydroxyl groups excluding tert-OH is 1. The molecule has 1 fully saturated rings. The highest BCUT2D eigenvalue weighted by Crippen LogP contribution is 2.29. The maximum absolute atomic E-state index is 11.3. The molecule has 12 heavy (non-hydrogen) atoms. The zero-order chi connectivity index (χ0) is 8.55. The molecule has 0 radical (unpaired) electrons. The van der Waals surface area contributed by atoms with Crippen molar-refractivity contribution in [2.45, 2.75) is 19.3 Å². The Labute approximate surface area is 70.8 Å². The lowest BCUT2D eigenvalue weighted by Gasteiger charge is -2.19. The third kappa shape index (κ3) is 0.967. The molecular weight excluding hydrogens is 154 g/mol. The largest absolute Gasteiger partial charge is 0.515 e. The van der Waals surface area contributed by atoms with Crippen molar-refractivity contribution < 1.29 is 9.90 Å². The topological polar surface area (TPSA) is 49.7 Å². The Balaban J connectivity index is 2.34. The quantitative estimate of drug-likeness (QED) is 0.434. The maximum atomic E-state index is 11.3. The van der Waals surface area contributed by atoms with Crippen LogP contribution >= 0.6 is 0 Å². The Hall–Kier alpha value is -1.12. The van der Waals surface area contributed by atoms with Crippen molar-refractivity contribution in [3.8, 4) is 0 Å². The molecule has 1 aliphatic carbocycles. The van der Waals surface area contributed by atoms with Crippen molar-refractivity contribution in [3.63, 3.8) is 0 Å². The van der Waals surface area contributed by atoms with Crippen LogP contribution in [-0.4, -0.2) is 23.1 Å². The molecule has 1 atom stereocenters. The molecule has 0 aromatic carbocycles. The summed E-state index contributed by atoms with van der Waals surface area (Å²) in [7, 11) is 0. The molecule has 0 amide bonds. The fourth-order valence-corrected chi connectivity index (χ4v) is 1.91. The molecule has 1 N–H and O–H groups in total. The normalized spacial score (nSPS) is 32.0. The monoisotopic (exact) mass is 165 g/mol. The van der Waals surface area contributed by atoms with Crippen LogP contribution in [-0.2, 0) is 4.79 Å². The lowest BCUT2D eigenvalue weighted by molar-refractivity contribution is -0.115. The van der Waals surface area contributed by atoms with Crippen LogP contribution in [0.2, 0.25) is 0 Å². The summed E-state index contributed by atoms with van der Waals surface area (Å²) in [5.74, 6) is 0.468. The van der Waals surface area contributed by atoms with Gasteiger partial charge in [0, 0.05) is 18.9 Å². The van der Waals surface area contributed by atoms with E-state index in [0.717, 1.165) is 31.4 Å². The molecule has 3 heteroatoms. The van der Waals surface area contributed by atoms with Crippen LogP contribution in [0.4, 0.5) is 0 Å². The Morgan fingerprint density at radius 1 is 1.50 bits per heavy atom. The molecule has 0 bridgehead atoms. The summed E-state index contributed by atoms with van der Waals surface area (Å²) in [6, 6.07) is 0. The molecule has 2 aliphatic rings. The molecular formula is C9H11NO2. The van der Waals surface area contributed by atoms with E-state index < -0.39 is 0 Å². The lowest BCUT2D eigenvalue weighted by atomic mass is 9.83. The van der Waals surface area contributed by atoms with Crippen LogP contribution < -0.4 is 0 Å². The Kier molecular flexibility index (Phi) is 1.71. The summed E-state index contributed by atoms with van der Waals surface area (Å²) in [5.41, 5.74) is 1.29. The third-order valence-electron chi connectivity index (χ3n) is 2.57. The second-order valence-electron chi connectivity index (χ2n) is 3.26. The molecule has 64 valence electrons. The van der Waals surface area contributed by atoms with Gasteiger partial charge >= 0.3 is 0 Å². The van der Waals surface area contributed by atoms with Gasteiger partial charge < -0.3 is 5.11 Å². The van der Waals surface area contributed by atoms with E-state index in [1.807, 2.05) is 0 Å². The molecule has 1 aliphatic heterocycles. The third-order valence-corrected chi connectivity index (χ3v) is 2.57. The van der Waals surface area contributed by atoms with E-state index in [9.17, 15) is 4.79 Å². The van der Waals surface area contributed by atoms with Crippen LogP contribution in [0.15, 0.2) is 16.8 Å². The first kappa shape index (κ1) is 7.53. The summed E-state index contributed by atoms with van der Waals surface area (Å²) < 4.78 is 0. The van der Waals surface area contributed by atoms with E-state index >= 15 is 0 Å². The number of hydrogen-bond donors (Lipinski definition) is 1. The number of aliphatic hydroxyl groups is 1. The number of hydrogen-bond acceptors (Lipinski definition) is 3. The average molecular weight is 165 g/mol. The molecule has 3 nitrogen and oxygen atoms in total. The number of nitrogens with zero attached hydrogens (tertiary/aromatic N) is 1. The minimum atomic E-state index is 0.0365. The van der Waals surface area contributed by atoms with Crippen LogP contribution in [0, 0.1) is 5.92 Å². The minimum absolute atomic E-state index is 0.0365. The number of fused-ring (bicyclic) bond motifs is 1. The van der Waals surface area contributed by atoms with E-state index in [2.05, 4.69) is 4.99 Å². The highest BCUT2D eigenvalue weighted by molar-refractivity contribution is 6.24. The Morgan fingerprint density at radius 2 is 2.33 bits per heavy atom. The SMILES string of the molecule is O=C1CCC2CCN=C2/C1=C/O. The van der Waals surface area contributed by atoms with Gasteiger partial charge in [-0.05, 0) is 12.8 Å². The predicted molar refractivity (Wildman–Crippen MR) is 45.4 cm³/mol. The van der Waals surface area contributed by atoms with E-state index in [-0.39, 0.29) is 5.78 Å². The minimum Gasteiger partial charge on any atom is -0.515 e. The zero-order valence-corrected chi connectivity index (χ0v) is 6.79. The highest BCUT2D eigenvalue weighted by atomic mass is 16.2. The van der Waals surface area contributed by atoms with Gasteiger partial charge in [0.05, 0.1) is 17.5 Å². The molecule has 1 saturated carbocycles. The first-order chi connectivity index (χ1) is 5.83. The molecule has 0 aromatic heterocycles. The number of Topliss-reactive ketones (excluding diaryl/α,β-unsaturated/α-hetero) is 1. The van der Waals surface area contributed by atoms with Gasteiger partial charge in [-0.3, -0.25) is 9.79 Å². The van der Waals surface area contributed by atoms with Crippen LogP contribution in [0.5, 0.6) is 0 Å². The van der Waals surface area contributed by atoms with Gasteiger partial charge in [0.2, 0.25) is 0 Å². The first-order valence-electron chi connectivity index (χ1n) is 4.25. The number of carbonyl (C=O) groups is 1. The molecule has 0 aromatic rings. The van der Waals surface area contributed by atoms with E-state index in [1.165, 1.54) is 0 Å². The van der Waals surface area contributed by atoms with Crippen molar-refractivity contribution in [3.05, 3.63) is 11.8 Å². The summed E-state index contributed by atoms with van der Waals surface area (Å²) >= 11 is 0. The summed E-state index contributed by atoms with van der Waals surface area (Å²) in [6.07, 6.45) is 3.43. The summed E-state index contributed by atoms with van der Waals surface area (Å²) in [5, 5.41) is 8.84. The van der Waals surface area contributed by atoms with Gasteiger partial charge in [-0.25, -0.2) is 0 Å². The number of allylic oxidation sites excluding steroid dienone is 1. The first-order valence-corrected chi connectivity index (χ1v) is 4.25. The molecule has 2 rings (SSSR count). The smallest absolute Gasteiger partial charge is 0.167 e. The van der Waals surface area contributed by atoms with Gasteiger partial charge in [0.25, 0.3) is 0 Å². The lowest BCUT2D eigenvalue weighted by Crippen LogP contribution is -2.25. The number of aliphatic imine (C=N–C) groups is 1. The van der Waals surface area contributed by atoms with Crippen molar-refractivity contribution >= 4 is 11.5 Å². The number of carbonyl (C=O) groups excluding carboxylic acids is 1. The van der Waals surface area contributed by atoms with Crippen LogP contribution in [0.3, 0.4) is 0 Å². The molecule has 0 spiro atoms. The van der Waals surface area contributed by atoms with E-state index in [4.69, 9.17) is 5.11 Å². The van der Waals surface area contributed by atoms with Crippen LogP contribution in [0.25, 0.3) is 0 Å². The van der Waals surface area contributed by atoms with Gasteiger partial charge in [0.15, 0.2) is 5.78 Å². The van der Waals surface area contributed by atoms with E-state index in [1.54, 1.807) is 0 Å². The van der Waals surface area contributed by atoms with Crippen molar-refractivity contribution in [2.75, 3.05) is 6.54 Å². The van der Waals surface area contributed by atoms with Gasteiger partial charge in [-0.15, -0.1) is 0 Å². The molecule has 0 saturated heterocycles. The van der Waals surface area contributed by atoms with Gasteiger partial charge in [-0.2, -0.15) is 0 Å². The number of rotatable bonds is 0. The van der Waals surface area contributed by atoms with E-state index in [0.29, 0.717) is 17.9 Å². The second-order valence-corrected chi connectivity index (χ2v) is 3.26. The Morgan fingerprint density at radius 3 is 3.08 bits per heavy atom. The van der Waals surface area contributed by atoms with Crippen molar-refractivity contribution in [2.24, 2.45) is 10.9 Å². The second kappa shape index (κ2) is 2.73. The van der Waals surface area contributed by atoms with Crippen molar-refractivity contribution in [1.29, 1.82) is 0 Å². The predicted octanol–water partition coefficient (Wildman–Crippen LogP) is 1.25. The van der Waals surface area contributed by atoms with Crippen LogP contribution in [0.1, 0.15) is 19.3 Å². The fraction of sp³-hybridized carbons (Fsp3) is 0.556. The molecule has 1 heterocycles. The van der Waals surface area contributed by atoms with Gasteiger partial charge in [-0.1, -0.05) is 0 Å². The maximum Gasteiger partial charge on any atom is 0.167 e. The van der Waals surface area contributed by atoms with Gasteiger partial charge in [0.1, 0.15) is 0 Å². The fourth-order valence-electron chi connectivity index (χ4n) is 1.91. The Bertz CT molecular complexity index is 278. The molecule has 1 unspecified atom stereocenters. The zero-order valence-electron chi connectivity index (χ0n) is 6.79. The average Bonchev–Trinajstić information content (AvgIpc) is 2.52. The standard InChI is InChI=1S/C9H11NO2/c11-5-7-8(12)2-1-6-3-4-10-9(6)7/h5-6,11H,1-4H2/b7-5+. The summed E-state index contributed by atoms with van der Waals surface area (Å²) in [4.78, 5) is 15.5. The number of ketones is 1. The highest BCUT2D eigenvalue weighted by Gasteiger charge is 2.32. The summed E-state index contributed by atoms with van der Waals surface area (Å²) in [6.45, 7) is 0.810. The van der Waals surface area contributed by atoms with Crippen molar-refractivity contribution in [1.82, 2.24) is 0 Å².